The molecule has 0 fully saturated rings. The summed E-state index contributed by atoms with van der Waals surface area (Å²) < 4.78 is 30.8. The Labute approximate surface area is 225 Å². The largest absolute Gasteiger partial charge is 0.318 e. The van der Waals surface area contributed by atoms with Crippen molar-refractivity contribution in [1.82, 2.24) is 9.99 Å². The predicted octanol–water partition coefficient (Wildman–Crippen LogP) is 5.51. The number of aromatic nitrogens is 1. The van der Waals surface area contributed by atoms with Gasteiger partial charge in [0.25, 0.3) is 15.9 Å². The molecule has 1 heterocycles. The van der Waals surface area contributed by atoms with Gasteiger partial charge in [0.2, 0.25) is 0 Å². The standard InChI is InChI=1S/C28H27BrN4O3S/c1-20-8-7-9-26(16-20)33-21(2)17-23(22(33)3)18-30-31-28(34)19-32(25-14-12-24(29)13-15-25)37(35,36)27-10-5-4-6-11-27/h4-18H,19H2,1-3H3,(H,31,34)/b30-18+. The Morgan fingerprint density at radius 1 is 0.973 bits per heavy atom. The third-order valence-electron chi connectivity index (χ3n) is 5.86. The number of aryl methyl sites for hydroxylation is 2. The average Bonchev–Trinajstić information content (AvgIpc) is 3.16. The summed E-state index contributed by atoms with van der Waals surface area (Å²) in [7, 11) is -3.98. The van der Waals surface area contributed by atoms with E-state index in [4.69, 9.17) is 0 Å². The van der Waals surface area contributed by atoms with Crippen LogP contribution in [0.4, 0.5) is 5.69 Å². The van der Waals surface area contributed by atoms with Gasteiger partial charge in [-0.05, 0) is 80.9 Å². The van der Waals surface area contributed by atoms with E-state index in [0.717, 1.165) is 37.0 Å². The zero-order valence-electron chi connectivity index (χ0n) is 20.7. The SMILES string of the molecule is Cc1cccc(-n2c(C)cc(/C=N/NC(=O)CN(c3ccc(Br)cc3)S(=O)(=O)c3ccccc3)c2C)c1. The van der Waals surface area contributed by atoms with Gasteiger partial charge >= 0.3 is 0 Å². The number of nitrogens with zero attached hydrogens (tertiary/aromatic N) is 3. The number of nitrogens with one attached hydrogen (secondary N) is 1. The fraction of sp³-hybridized carbons (Fsp3) is 0.143. The third-order valence-corrected chi connectivity index (χ3v) is 8.17. The monoisotopic (exact) mass is 578 g/mol. The number of hydrogen-bond donors (Lipinski definition) is 1. The molecule has 7 nitrogen and oxygen atoms in total. The van der Waals surface area contributed by atoms with Crippen LogP contribution >= 0.6 is 15.9 Å². The maximum atomic E-state index is 13.4. The zero-order chi connectivity index (χ0) is 26.6. The molecule has 0 saturated carbocycles. The fourth-order valence-electron chi connectivity index (χ4n) is 4.06. The maximum absolute atomic E-state index is 13.4. The van der Waals surface area contributed by atoms with E-state index in [9.17, 15) is 13.2 Å². The van der Waals surface area contributed by atoms with Crippen molar-refractivity contribution in [2.45, 2.75) is 25.7 Å². The molecule has 1 aromatic heterocycles. The van der Waals surface area contributed by atoms with E-state index in [1.807, 2.05) is 45.0 Å². The van der Waals surface area contributed by atoms with Gasteiger partial charge in [-0.1, -0.05) is 46.3 Å². The number of rotatable bonds is 8. The van der Waals surface area contributed by atoms with Gasteiger partial charge in [-0.2, -0.15) is 5.10 Å². The lowest BCUT2D eigenvalue weighted by Gasteiger charge is -2.23. The minimum Gasteiger partial charge on any atom is -0.318 e. The molecular weight excluding hydrogens is 552 g/mol. The van der Waals surface area contributed by atoms with Crippen molar-refractivity contribution in [3.05, 3.63) is 112 Å². The quantitative estimate of drug-likeness (QED) is 0.221. The van der Waals surface area contributed by atoms with Gasteiger partial charge in [0.05, 0.1) is 16.8 Å². The minimum absolute atomic E-state index is 0.0952. The van der Waals surface area contributed by atoms with E-state index < -0.39 is 22.5 Å². The lowest BCUT2D eigenvalue weighted by molar-refractivity contribution is -0.119. The van der Waals surface area contributed by atoms with Gasteiger partial charge in [-0.25, -0.2) is 13.8 Å². The molecule has 0 radical (unpaired) electrons. The third kappa shape index (κ3) is 6.00. The molecule has 1 N–H and O–H groups in total. The molecule has 1 amide bonds. The van der Waals surface area contributed by atoms with Crippen molar-refractivity contribution in [3.8, 4) is 5.69 Å². The number of benzene rings is 3. The van der Waals surface area contributed by atoms with Crippen molar-refractivity contribution in [1.29, 1.82) is 0 Å². The van der Waals surface area contributed by atoms with E-state index in [0.29, 0.717) is 5.69 Å². The zero-order valence-corrected chi connectivity index (χ0v) is 23.1. The van der Waals surface area contributed by atoms with Crippen LogP contribution in [-0.2, 0) is 14.8 Å². The molecule has 0 saturated heterocycles. The van der Waals surface area contributed by atoms with Gasteiger partial charge in [0, 0.05) is 27.1 Å². The van der Waals surface area contributed by atoms with Gasteiger partial charge < -0.3 is 4.57 Å². The first-order valence-electron chi connectivity index (χ1n) is 11.6. The number of anilines is 1. The molecule has 190 valence electrons. The first-order valence-corrected chi connectivity index (χ1v) is 13.8. The Bertz CT molecular complexity index is 1550. The second-order valence-corrected chi connectivity index (χ2v) is 11.4. The van der Waals surface area contributed by atoms with Gasteiger partial charge in [0.15, 0.2) is 0 Å². The summed E-state index contributed by atoms with van der Waals surface area (Å²) in [6.45, 7) is 5.61. The molecule has 37 heavy (non-hydrogen) atoms. The van der Waals surface area contributed by atoms with Crippen LogP contribution in [0.1, 0.15) is 22.5 Å². The summed E-state index contributed by atoms with van der Waals surface area (Å²) in [5, 5.41) is 4.12. The van der Waals surface area contributed by atoms with E-state index in [2.05, 4.69) is 37.1 Å². The highest BCUT2D eigenvalue weighted by Gasteiger charge is 2.27. The number of hydrogen-bond acceptors (Lipinski definition) is 4. The van der Waals surface area contributed by atoms with Crippen LogP contribution in [-0.4, -0.2) is 31.7 Å². The van der Waals surface area contributed by atoms with Crippen LogP contribution in [0.3, 0.4) is 0 Å². The molecular formula is C28H27BrN4O3S. The topological polar surface area (TPSA) is 83.8 Å². The summed E-state index contributed by atoms with van der Waals surface area (Å²) >= 11 is 3.36. The highest BCUT2D eigenvalue weighted by Crippen LogP contribution is 2.25. The Morgan fingerprint density at radius 3 is 2.35 bits per heavy atom. The number of carbonyl (C=O) groups is 1. The Hall–Kier alpha value is -3.69. The summed E-state index contributed by atoms with van der Waals surface area (Å²) in [6, 6.07) is 24.9. The minimum atomic E-state index is -3.98. The summed E-state index contributed by atoms with van der Waals surface area (Å²) in [6.07, 6.45) is 1.57. The first kappa shape index (κ1) is 26.4. The van der Waals surface area contributed by atoms with E-state index in [1.165, 1.54) is 12.1 Å². The Balaban J connectivity index is 1.54. The maximum Gasteiger partial charge on any atom is 0.264 e. The van der Waals surface area contributed by atoms with Crippen molar-refractivity contribution in [3.63, 3.8) is 0 Å². The number of halogens is 1. The van der Waals surface area contributed by atoms with Crippen LogP contribution in [0, 0.1) is 20.8 Å². The van der Waals surface area contributed by atoms with Crippen LogP contribution in [0.5, 0.6) is 0 Å². The second kappa shape index (κ2) is 11.1. The van der Waals surface area contributed by atoms with Crippen molar-refractivity contribution >= 4 is 43.8 Å². The summed E-state index contributed by atoms with van der Waals surface area (Å²) in [4.78, 5) is 12.9. The van der Waals surface area contributed by atoms with Crippen molar-refractivity contribution in [2.24, 2.45) is 5.10 Å². The molecule has 0 unspecified atom stereocenters. The molecule has 0 aliphatic carbocycles. The highest BCUT2D eigenvalue weighted by molar-refractivity contribution is 9.10. The van der Waals surface area contributed by atoms with Crippen molar-refractivity contribution < 1.29 is 13.2 Å². The van der Waals surface area contributed by atoms with Gasteiger partial charge in [0.1, 0.15) is 6.54 Å². The Morgan fingerprint density at radius 2 is 1.68 bits per heavy atom. The van der Waals surface area contributed by atoms with Crippen LogP contribution < -0.4 is 9.73 Å². The fourth-order valence-corrected chi connectivity index (χ4v) is 5.77. The van der Waals surface area contributed by atoms with Crippen LogP contribution in [0.25, 0.3) is 5.69 Å². The lowest BCUT2D eigenvalue weighted by Crippen LogP contribution is -2.39. The number of amides is 1. The average molecular weight is 580 g/mol. The second-order valence-electron chi connectivity index (χ2n) is 8.60. The van der Waals surface area contributed by atoms with E-state index in [1.54, 1.807) is 48.7 Å². The predicted molar refractivity (Wildman–Crippen MR) is 151 cm³/mol. The van der Waals surface area contributed by atoms with Crippen LogP contribution in [0.2, 0.25) is 0 Å². The number of sulfonamides is 1. The smallest absolute Gasteiger partial charge is 0.264 e. The number of hydrazone groups is 1. The molecule has 3 aromatic carbocycles. The van der Waals surface area contributed by atoms with Crippen LogP contribution in [0.15, 0.2) is 99.4 Å². The van der Waals surface area contributed by atoms with E-state index in [-0.39, 0.29) is 4.90 Å². The van der Waals surface area contributed by atoms with Gasteiger partial charge in [-0.3, -0.25) is 9.10 Å². The molecule has 0 bridgehead atoms. The molecule has 0 aliphatic heterocycles. The van der Waals surface area contributed by atoms with Gasteiger partial charge in [-0.15, -0.1) is 0 Å². The molecule has 4 rings (SSSR count). The number of carbonyl (C=O) groups excluding carboxylic acids is 1. The normalized spacial score (nSPS) is 11.6. The first-order chi connectivity index (χ1) is 17.7. The molecule has 0 spiro atoms. The summed E-state index contributed by atoms with van der Waals surface area (Å²) in [5.41, 5.74) is 7.91. The van der Waals surface area contributed by atoms with Crippen molar-refractivity contribution in [2.75, 3.05) is 10.8 Å². The molecule has 9 heteroatoms. The molecule has 0 aliphatic rings. The Kier molecular flexibility index (Phi) is 7.94. The summed E-state index contributed by atoms with van der Waals surface area (Å²) in [5.74, 6) is -0.564. The molecule has 0 atom stereocenters. The lowest BCUT2D eigenvalue weighted by atomic mass is 10.2. The molecule has 4 aromatic rings. The highest BCUT2D eigenvalue weighted by atomic mass is 79.9. The van der Waals surface area contributed by atoms with E-state index >= 15 is 0 Å².